The first-order chi connectivity index (χ1) is 8.20. The zero-order chi connectivity index (χ0) is 12.9. The minimum Gasteiger partial charge on any atom is -0.299 e. The molecule has 0 spiro atoms. The van der Waals surface area contributed by atoms with E-state index in [0.717, 1.165) is 32.1 Å². The van der Waals surface area contributed by atoms with E-state index in [9.17, 15) is 9.59 Å². The highest BCUT2D eigenvalue weighted by atomic mass is 16.1. The fraction of sp³-hybridized carbons (Fsp3) is 0.867. The highest BCUT2D eigenvalue weighted by molar-refractivity contribution is 5.98. The van der Waals surface area contributed by atoms with Gasteiger partial charge in [0.2, 0.25) is 0 Å². The zero-order valence-corrected chi connectivity index (χ0v) is 11.6. The molecule has 0 N–H and O–H groups in total. The van der Waals surface area contributed by atoms with Gasteiger partial charge in [-0.2, -0.15) is 0 Å². The van der Waals surface area contributed by atoms with Crippen LogP contribution in [-0.4, -0.2) is 11.6 Å². The molecule has 0 aliphatic rings. The summed E-state index contributed by atoms with van der Waals surface area (Å²) in [5.74, 6) is 0.278. The average Bonchev–Trinajstić information content (AvgIpc) is 2.29. The molecule has 0 atom stereocenters. The van der Waals surface area contributed by atoms with Crippen LogP contribution in [-0.2, 0) is 9.59 Å². The van der Waals surface area contributed by atoms with E-state index < -0.39 is 0 Å². The van der Waals surface area contributed by atoms with E-state index in [2.05, 4.69) is 13.8 Å². The quantitative estimate of drug-likeness (QED) is 0.373. The van der Waals surface area contributed by atoms with Crippen LogP contribution in [0.4, 0.5) is 0 Å². The normalized spacial score (nSPS) is 10.5. The lowest BCUT2D eigenvalue weighted by Gasteiger charge is -2.01. The van der Waals surface area contributed by atoms with Crippen LogP contribution in [0.5, 0.6) is 0 Å². The molecule has 0 aliphatic carbocycles. The first-order valence-electron chi connectivity index (χ1n) is 7.24. The molecule has 0 aliphatic heterocycles. The van der Waals surface area contributed by atoms with E-state index in [4.69, 9.17) is 0 Å². The molecule has 2 nitrogen and oxygen atoms in total. The number of carbonyl (C=O) groups excluding carboxylic acids is 2. The highest BCUT2D eigenvalue weighted by Gasteiger charge is 2.08. The van der Waals surface area contributed by atoms with Crippen LogP contribution in [0, 0.1) is 0 Å². The van der Waals surface area contributed by atoms with Gasteiger partial charge in [0.25, 0.3) is 0 Å². The Morgan fingerprint density at radius 1 is 0.647 bits per heavy atom. The number of ketones is 2. The maximum Gasteiger partial charge on any atom is 0.140 e. The van der Waals surface area contributed by atoms with Crippen molar-refractivity contribution in [3.8, 4) is 0 Å². The average molecular weight is 240 g/mol. The molecule has 0 saturated heterocycles. The zero-order valence-electron chi connectivity index (χ0n) is 11.6. The lowest BCUT2D eigenvalue weighted by Crippen LogP contribution is -2.07. The Morgan fingerprint density at radius 2 is 1.06 bits per heavy atom. The van der Waals surface area contributed by atoms with Crippen molar-refractivity contribution in [2.45, 2.75) is 84.5 Å². The molecular weight excluding hydrogens is 212 g/mol. The number of Topliss-reactive ketones (excluding diaryl/α,β-unsaturated/α-hetero) is 2. The Kier molecular flexibility index (Phi) is 11.4. The summed E-state index contributed by atoms with van der Waals surface area (Å²) in [6, 6.07) is 0. The molecule has 0 saturated carbocycles. The molecular formula is C15H28O2. The fourth-order valence-electron chi connectivity index (χ4n) is 1.89. The Bertz CT molecular complexity index is 209. The minimum absolute atomic E-state index is 0.136. The van der Waals surface area contributed by atoms with Crippen molar-refractivity contribution in [2.24, 2.45) is 0 Å². The molecule has 0 unspecified atom stereocenters. The highest BCUT2D eigenvalue weighted by Crippen LogP contribution is 2.08. The third kappa shape index (κ3) is 11.6. The molecule has 100 valence electrons. The molecule has 0 bridgehead atoms. The topological polar surface area (TPSA) is 34.1 Å². The molecule has 0 rings (SSSR count). The Labute approximate surface area is 106 Å². The second-order valence-electron chi connectivity index (χ2n) is 4.88. The smallest absolute Gasteiger partial charge is 0.140 e. The Hall–Kier alpha value is -0.660. The van der Waals surface area contributed by atoms with Crippen molar-refractivity contribution in [2.75, 3.05) is 0 Å². The van der Waals surface area contributed by atoms with Gasteiger partial charge in [0.05, 0.1) is 6.42 Å². The van der Waals surface area contributed by atoms with Gasteiger partial charge in [0.15, 0.2) is 0 Å². The molecule has 2 heteroatoms. The number of hydrogen-bond donors (Lipinski definition) is 0. The van der Waals surface area contributed by atoms with Crippen LogP contribution in [0.3, 0.4) is 0 Å². The van der Waals surface area contributed by atoms with Gasteiger partial charge in [-0.3, -0.25) is 9.59 Å². The standard InChI is InChI=1S/C15H28O2/c1-3-5-7-8-10-12-15(17)13-14(16)11-9-6-4-2/h3-13H2,1-2H3. The van der Waals surface area contributed by atoms with Gasteiger partial charge < -0.3 is 0 Å². The molecule has 0 fully saturated rings. The lowest BCUT2D eigenvalue weighted by atomic mass is 10.0. The molecule has 0 amide bonds. The van der Waals surface area contributed by atoms with Gasteiger partial charge in [0.1, 0.15) is 11.6 Å². The van der Waals surface area contributed by atoms with Crippen LogP contribution in [0.1, 0.15) is 84.5 Å². The fourth-order valence-corrected chi connectivity index (χ4v) is 1.89. The van der Waals surface area contributed by atoms with Crippen LogP contribution in [0.25, 0.3) is 0 Å². The summed E-state index contributed by atoms with van der Waals surface area (Å²) in [5, 5.41) is 0. The first kappa shape index (κ1) is 16.3. The molecule has 0 heterocycles. The largest absolute Gasteiger partial charge is 0.299 e. The van der Waals surface area contributed by atoms with E-state index in [0.29, 0.717) is 12.8 Å². The van der Waals surface area contributed by atoms with Crippen molar-refractivity contribution in [1.82, 2.24) is 0 Å². The van der Waals surface area contributed by atoms with Gasteiger partial charge in [-0.15, -0.1) is 0 Å². The third-order valence-corrected chi connectivity index (χ3v) is 3.01. The second-order valence-corrected chi connectivity index (χ2v) is 4.88. The van der Waals surface area contributed by atoms with Crippen molar-refractivity contribution in [3.63, 3.8) is 0 Å². The number of rotatable bonds is 12. The van der Waals surface area contributed by atoms with Crippen LogP contribution >= 0.6 is 0 Å². The van der Waals surface area contributed by atoms with Gasteiger partial charge in [-0.1, -0.05) is 52.4 Å². The van der Waals surface area contributed by atoms with Gasteiger partial charge >= 0.3 is 0 Å². The SMILES string of the molecule is CCCCCCCC(=O)CC(=O)CCCCC. The van der Waals surface area contributed by atoms with E-state index in [1.165, 1.54) is 19.3 Å². The summed E-state index contributed by atoms with van der Waals surface area (Å²) in [7, 11) is 0. The molecule has 0 aromatic heterocycles. The number of unbranched alkanes of at least 4 members (excludes halogenated alkanes) is 6. The number of hydrogen-bond acceptors (Lipinski definition) is 2. The maximum atomic E-state index is 11.5. The van der Waals surface area contributed by atoms with Crippen LogP contribution in [0.15, 0.2) is 0 Å². The molecule has 0 aromatic rings. The summed E-state index contributed by atoms with van der Waals surface area (Å²) in [4.78, 5) is 22.9. The first-order valence-corrected chi connectivity index (χ1v) is 7.24. The van der Waals surface area contributed by atoms with Crippen LogP contribution in [0.2, 0.25) is 0 Å². The van der Waals surface area contributed by atoms with E-state index in [-0.39, 0.29) is 18.0 Å². The summed E-state index contributed by atoms with van der Waals surface area (Å²) in [5.41, 5.74) is 0. The number of carbonyl (C=O) groups is 2. The minimum atomic E-state index is 0.136. The predicted octanol–water partition coefficient (Wildman–Crippen LogP) is 4.46. The Balaban J connectivity index is 3.41. The lowest BCUT2D eigenvalue weighted by molar-refractivity contribution is -0.127. The summed E-state index contributed by atoms with van der Waals surface area (Å²) < 4.78 is 0. The van der Waals surface area contributed by atoms with Crippen molar-refractivity contribution < 1.29 is 9.59 Å². The summed E-state index contributed by atoms with van der Waals surface area (Å²) in [6.07, 6.45) is 10.3. The summed E-state index contributed by atoms with van der Waals surface area (Å²) >= 11 is 0. The molecule has 17 heavy (non-hydrogen) atoms. The predicted molar refractivity (Wildman–Crippen MR) is 72.1 cm³/mol. The Morgan fingerprint density at radius 3 is 1.59 bits per heavy atom. The van der Waals surface area contributed by atoms with E-state index in [1.54, 1.807) is 0 Å². The van der Waals surface area contributed by atoms with Gasteiger partial charge in [-0.05, 0) is 12.8 Å². The van der Waals surface area contributed by atoms with E-state index in [1.807, 2.05) is 0 Å². The van der Waals surface area contributed by atoms with Crippen molar-refractivity contribution in [1.29, 1.82) is 0 Å². The van der Waals surface area contributed by atoms with Gasteiger partial charge in [0, 0.05) is 12.8 Å². The third-order valence-electron chi connectivity index (χ3n) is 3.01. The second kappa shape index (κ2) is 11.8. The van der Waals surface area contributed by atoms with Crippen molar-refractivity contribution in [3.05, 3.63) is 0 Å². The monoisotopic (exact) mass is 240 g/mol. The van der Waals surface area contributed by atoms with Crippen LogP contribution < -0.4 is 0 Å². The molecule has 0 aromatic carbocycles. The van der Waals surface area contributed by atoms with E-state index >= 15 is 0 Å². The van der Waals surface area contributed by atoms with Gasteiger partial charge in [-0.25, -0.2) is 0 Å². The molecule has 0 radical (unpaired) electrons. The van der Waals surface area contributed by atoms with Crippen molar-refractivity contribution >= 4 is 11.6 Å². The maximum absolute atomic E-state index is 11.5. The summed E-state index contributed by atoms with van der Waals surface area (Å²) in [6.45, 7) is 4.30.